The number of hydrogen-bond donors (Lipinski definition) is 1. The number of carbonyl (C=O) groups is 2. The number of urea groups is 1. The van der Waals surface area contributed by atoms with Crippen LogP contribution < -0.4 is 19.5 Å². The Morgan fingerprint density at radius 3 is 2.36 bits per heavy atom. The fourth-order valence-corrected chi connectivity index (χ4v) is 4.30. The second kappa shape index (κ2) is 13.0. The maximum atomic E-state index is 13.3. The lowest BCUT2D eigenvalue weighted by molar-refractivity contribution is 0.0526. The van der Waals surface area contributed by atoms with Crippen LogP contribution in [-0.4, -0.2) is 69.2 Å². The second-order valence-corrected chi connectivity index (χ2v) is 8.84. The molecule has 0 aliphatic carbocycles. The number of rotatable bonds is 11. The smallest absolute Gasteiger partial charge is 0.338 e. The van der Waals surface area contributed by atoms with Crippen LogP contribution in [0.4, 0.5) is 10.5 Å². The summed E-state index contributed by atoms with van der Waals surface area (Å²) in [6, 6.07) is 11.5. The van der Waals surface area contributed by atoms with E-state index < -0.39 is 5.97 Å². The van der Waals surface area contributed by atoms with Gasteiger partial charge in [0, 0.05) is 30.5 Å². The third-order valence-corrected chi connectivity index (χ3v) is 6.24. The van der Waals surface area contributed by atoms with E-state index in [0.717, 1.165) is 12.8 Å². The molecular formula is C28H33N3O8. The van der Waals surface area contributed by atoms with Crippen LogP contribution in [0.15, 0.2) is 47.0 Å². The van der Waals surface area contributed by atoms with Crippen molar-refractivity contribution in [3.8, 4) is 28.6 Å². The third kappa shape index (κ3) is 6.80. The number of ether oxygens (including phenoxy) is 5. The molecule has 3 aromatic rings. The molecule has 1 unspecified atom stereocenters. The van der Waals surface area contributed by atoms with E-state index in [9.17, 15) is 9.59 Å². The zero-order valence-electron chi connectivity index (χ0n) is 22.5. The summed E-state index contributed by atoms with van der Waals surface area (Å²) >= 11 is 0. The molecule has 2 aromatic carbocycles. The van der Waals surface area contributed by atoms with Gasteiger partial charge >= 0.3 is 12.0 Å². The molecule has 2 heterocycles. The first-order valence-electron chi connectivity index (χ1n) is 12.7. The molecule has 1 aliphatic heterocycles. The Morgan fingerprint density at radius 1 is 1.05 bits per heavy atom. The van der Waals surface area contributed by atoms with Crippen LogP contribution in [0.3, 0.4) is 0 Å². The minimum Gasteiger partial charge on any atom is -0.493 e. The molecule has 208 valence electrons. The summed E-state index contributed by atoms with van der Waals surface area (Å²) in [5, 5.41) is 7.09. The third-order valence-electron chi connectivity index (χ3n) is 6.24. The number of esters is 1. The molecule has 1 aromatic heterocycles. The van der Waals surface area contributed by atoms with Crippen molar-refractivity contribution in [3.63, 3.8) is 0 Å². The Labute approximate surface area is 226 Å². The number of nitrogens with zero attached hydrogens (tertiary/aromatic N) is 2. The summed E-state index contributed by atoms with van der Waals surface area (Å²) in [4.78, 5) is 26.9. The van der Waals surface area contributed by atoms with E-state index >= 15 is 0 Å². The van der Waals surface area contributed by atoms with Gasteiger partial charge in [0.15, 0.2) is 17.3 Å². The molecule has 0 saturated carbocycles. The molecule has 1 atom stereocenters. The number of carbonyl (C=O) groups excluding carboxylic acids is 2. The fraction of sp³-hybridized carbons (Fsp3) is 0.393. The summed E-state index contributed by atoms with van der Waals surface area (Å²) in [6.45, 7) is 3.29. The minimum absolute atomic E-state index is 0.0663. The topological polar surface area (TPSA) is 122 Å². The summed E-state index contributed by atoms with van der Waals surface area (Å²) in [5.41, 5.74) is 2.20. The molecule has 4 rings (SSSR count). The van der Waals surface area contributed by atoms with Gasteiger partial charge in [-0.15, -0.1) is 0 Å². The standard InChI is InChI=1S/C28H33N3O8/c1-5-37-27(32)18-8-10-20(11-9-18)29-28(33)31(17-22-7-6-12-38-22)16-21-15-23(39-30-21)19-13-24(34-2)26(36-4)25(14-19)35-3/h8-11,13-15,22H,5-7,12,16-17H2,1-4H3,(H,29,33). The van der Waals surface area contributed by atoms with Crippen LogP contribution in [-0.2, 0) is 16.0 Å². The van der Waals surface area contributed by atoms with E-state index in [-0.39, 0.29) is 18.7 Å². The van der Waals surface area contributed by atoms with Gasteiger partial charge in [-0.1, -0.05) is 5.16 Å². The van der Waals surface area contributed by atoms with Crippen LogP contribution in [0, 0.1) is 0 Å². The first kappa shape index (κ1) is 27.8. The van der Waals surface area contributed by atoms with Gasteiger partial charge in [-0.05, 0) is 56.2 Å². The molecule has 1 saturated heterocycles. The first-order chi connectivity index (χ1) is 18.9. The van der Waals surface area contributed by atoms with Gasteiger partial charge in [0.2, 0.25) is 5.75 Å². The second-order valence-electron chi connectivity index (χ2n) is 8.84. The quantitative estimate of drug-likeness (QED) is 0.344. The van der Waals surface area contributed by atoms with E-state index in [4.69, 9.17) is 28.2 Å². The molecule has 0 spiro atoms. The lowest BCUT2D eigenvalue weighted by Gasteiger charge is -2.25. The molecule has 1 fully saturated rings. The Balaban J connectivity index is 1.51. The van der Waals surface area contributed by atoms with Crippen molar-refractivity contribution in [3.05, 3.63) is 53.7 Å². The van der Waals surface area contributed by atoms with Crippen LogP contribution >= 0.6 is 0 Å². The van der Waals surface area contributed by atoms with Gasteiger partial charge < -0.3 is 38.4 Å². The van der Waals surface area contributed by atoms with Gasteiger partial charge in [0.25, 0.3) is 0 Å². The Bertz CT molecular complexity index is 1240. The number of aromatic nitrogens is 1. The van der Waals surface area contributed by atoms with Crippen molar-refractivity contribution in [1.82, 2.24) is 10.1 Å². The fourth-order valence-electron chi connectivity index (χ4n) is 4.30. The predicted octanol–water partition coefficient (Wildman–Crippen LogP) is 4.76. The number of nitrogens with one attached hydrogen (secondary N) is 1. The van der Waals surface area contributed by atoms with E-state index in [1.54, 1.807) is 68.5 Å². The Morgan fingerprint density at radius 2 is 1.77 bits per heavy atom. The molecule has 1 N–H and O–H groups in total. The number of benzene rings is 2. The molecule has 2 amide bonds. The maximum Gasteiger partial charge on any atom is 0.338 e. The van der Waals surface area contributed by atoms with Crippen LogP contribution in [0.1, 0.15) is 35.8 Å². The number of anilines is 1. The number of amides is 2. The normalized spacial score (nSPS) is 14.5. The average Bonchev–Trinajstić information content (AvgIpc) is 3.65. The summed E-state index contributed by atoms with van der Waals surface area (Å²) in [6.07, 6.45) is 1.75. The number of methoxy groups -OCH3 is 3. The van der Waals surface area contributed by atoms with Gasteiger partial charge in [-0.3, -0.25) is 0 Å². The summed E-state index contributed by atoms with van der Waals surface area (Å²) in [5.74, 6) is 1.51. The predicted molar refractivity (Wildman–Crippen MR) is 142 cm³/mol. The van der Waals surface area contributed by atoms with Crippen LogP contribution in [0.25, 0.3) is 11.3 Å². The van der Waals surface area contributed by atoms with Gasteiger partial charge in [-0.2, -0.15) is 0 Å². The first-order valence-corrected chi connectivity index (χ1v) is 12.7. The Hall–Kier alpha value is -4.25. The Kier molecular flexibility index (Phi) is 9.27. The lowest BCUT2D eigenvalue weighted by Crippen LogP contribution is -2.39. The SMILES string of the molecule is CCOC(=O)c1ccc(NC(=O)N(Cc2cc(-c3cc(OC)c(OC)c(OC)c3)on2)CC2CCCO2)cc1. The highest BCUT2D eigenvalue weighted by Gasteiger charge is 2.25. The molecule has 11 heteroatoms. The van der Waals surface area contributed by atoms with Gasteiger partial charge in [-0.25, -0.2) is 9.59 Å². The van der Waals surface area contributed by atoms with Crippen molar-refractivity contribution in [2.75, 3.05) is 46.4 Å². The van der Waals surface area contributed by atoms with Crippen LogP contribution in [0.2, 0.25) is 0 Å². The van der Waals surface area contributed by atoms with Crippen molar-refractivity contribution in [1.29, 1.82) is 0 Å². The zero-order valence-corrected chi connectivity index (χ0v) is 22.5. The highest BCUT2D eigenvalue weighted by atomic mass is 16.5. The molecule has 1 aliphatic rings. The largest absolute Gasteiger partial charge is 0.493 e. The van der Waals surface area contributed by atoms with Gasteiger partial charge in [0.1, 0.15) is 5.69 Å². The van der Waals surface area contributed by atoms with Crippen molar-refractivity contribution in [2.45, 2.75) is 32.4 Å². The number of hydrogen-bond acceptors (Lipinski definition) is 9. The van der Waals surface area contributed by atoms with Gasteiger partial charge in [0.05, 0.1) is 46.1 Å². The zero-order chi connectivity index (χ0) is 27.8. The lowest BCUT2D eigenvalue weighted by atomic mass is 10.1. The van der Waals surface area contributed by atoms with Crippen molar-refractivity contribution in [2.24, 2.45) is 0 Å². The van der Waals surface area contributed by atoms with E-state index in [1.807, 2.05) is 0 Å². The van der Waals surface area contributed by atoms with Crippen molar-refractivity contribution >= 4 is 17.7 Å². The van der Waals surface area contributed by atoms with Crippen LogP contribution in [0.5, 0.6) is 17.2 Å². The van der Waals surface area contributed by atoms with E-state index in [0.29, 0.717) is 65.3 Å². The van der Waals surface area contributed by atoms with E-state index in [2.05, 4.69) is 10.5 Å². The minimum atomic E-state index is -0.413. The molecule has 0 radical (unpaired) electrons. The van der Waals surface area contributed by atoms with Crippen molar-refractivity contribution < 1.29 is 37.8 Å². The van der Waals surface area contributed by atoms with E-state index in [1.165, 1.54) is 7.11 Å². The summed E-state index contributed by atoms with van der Waals surface area (Å²) < 4.78 is 32.7. The molecule has 11 nitrogen and oxygen atoms in total. The maximum absolute atomic E-state index is 13.3. The molecule has 0 bridgehead atoms. The molecular weight excluding hydrogens is 506 g/mol. The summed E-state index contributed by atoms with van der Waals surface area (Å²) in [7, 11) is 4.62. The highest BCUT2D eigenvalue weighted by molar-refractivity contribution is 5.92. The highest BCUT2D eigenvalue weighted by Crippen LogP contribution is 2.41. The monoisotopic (exact) mass is 539 g/mol. The molecule has 39 heavy (non-hydrogen) atoms. The average molecular weight is 540 g/mol.